The number of hydrogen-bond donors (Lipinski definition) is 1. The largest absolute Gasteiger partial charge is 0.507 e. The fourth-order valence-electron chi connectivity index (χ4n) is 2.08. The van der Waals surface area contributed by atoms with Gasteiger partial charge in [-0.15, -0.1) is 0 Å². The van der Waals surface area contributed by atoms with Crippen molar-refractivity contribution in [1.29, 1.82) is 0 Å². The molecule has 0 saturated heterocycles. The van der Waals surface area contributed by atoms with E-state index in [0.29, 0.717) is 5.56 Å². The van der Waals surface area contributed by atoms with Crippen LogP contribution in [-0.2, 0) is 0 Å². The minimum absolute atomic E-state index is 0.0421. The van der Waals surface area contributed by atoms with E-state index in [2.05, 4.69) is 0 Å². The number of non-ortho nitro benzene ring substituents is 1. The third-order valence-electron chi connectivity index (χ3n) is 3.10. The molecule has 0 aliphatic carbocycles. The summed E-state index contributed by atoms with van der Waals surface area (Å²) in [4.78, 5) is 22.2. The quantitative estimate of drug-likeness (QED) is 0.576. The molecule has 1 N–H and O–H groups in total. The number of benzene rings is 2. The summed E-state index contributed by atoms with van der Waals surface area (Å²) < 4.78 is 5.58. The van der Waals surface area contributed by atoms with Gasteiger partial charge >= 0.3 is 0 Å². The summed E-state index contributed by atoms with van der Waals surface area (Å²) in [6.07, 6.45) is 0. The van der Waals surface area contributed by atoms with Crippen molar-refractivity contribution >= 4 is 16.7 Å². The van der Waals surface area contributed by atoms with Crippen LogP contribution in [0.25, 0.3) is 22.3 Å². The van der Waals surface area contributed by atoms with Gasteiger partial charge in [0, 0.05) is 23.8 Å². The molecule has 0 unspecified atom stereocenters. The van der Waals surface area contributed by atoms with Gasteiger partial charge in [-0.3, -0.25) is 14.9 Å². The molecule has 2 aromatic carbocycles. The van der Waals surface area contributed by atoms with E-state index in [-0.39, 0.29) is 33.6 Å². The normalized spacial score (nSPS) is 10.7. The number of phenolic OH excluding ortho intramolecular Hbond substituents is 1. The van der Waals surface area contributed by atoms with Crippen LogP contribution in [0.1, 0.15) is 0 Å². The molecule has 0 fully saturated rings. The fourth-order valence-corrected chi connectivity index (χ4v) is 2.08. The molecule has 6 nitrogen and oxygen atoms in total. The second-order valence-corrected chi connectivity index (χ2v) is 4.43. The van der Waals surface area contributed by atoms with Crippen LogP contribution in [0.2, 0.25) is 0 Å². The lowest BCUT2D eigenvalue weighted by atomic mass is 10.1. The molecule has 0 radical (unpaired) electrons. The van der Waals surface area contributed by atoms with Crippen molar-refractivity contribution in [3.05, 3.63) is 68.9 Å². The van der Waals surface area contributed by atoms with Crippen molar-refractivity contribution in [3.63, 3.8) is 0 Å². The first kappa shape index (κ1) is 12.9. The molecule has 0 aliphatic heterocycles. The molecule has 3 rings (SSSR count). The molecule has 1 aromatic heterocycles. The van der Waals surface area contributed by atoms with Gasteiger partial charge in [0.2, 0.25) is 0 Å². The Kier molecular flexibility index (Phi) is 2.91. The maximum atomic E-state index is 12.0. The van der Waals surface area contributed by atoms with Crippen LogP contribution in [0.15, 0.2) is 57.7 Å². The number of aromatic hydroxyl groups is 1. The molecule has 0 amide bonds. The van der Waals surface area contributed by atoms with E-state index in [1.807, 2.05) is 0 Å². The molecule has 21 heavy (non-hydrogen) atoms. The lowest BCUT2D eigenvalue weighted by Gasteiger charge is -2.04. The summed E-state index contributed by atoms with van der Waals surface area (Å²) in [5, 5.41) is 20.4. The number of nitrogens with zero attached hydrogens (tertiary/aromatic N) is 1. The first-order chi connectivity index (χ1) is 10.1. The summed E-state index contributed by atoms with van der Waals surface area (Å²) in [7, 11) is 0. The van der Waals surface area contributed by atoms with Crippen molar-refractivity contribution in [1.82, 2.24) is 0 Å². The zero-order valence-electron chi connectivity index (χ0n) is 10.6. The van der Waals surface area contributed by atoms with Gasteiger partial charge in [-0.1, -0.05) is 6.07 Å². The van der Waals surface area contributed by atoms with Crippen LogP contribution in [0, 0.1) is 10.1 Å². The molecule has 0 atom stereocenters. The van der Waals surface area contributed by atoms with Gasteiger partial charge in [-0.05, 0) is 24.3 Å². The van der Waals surface area contributed by atoms with Gasteiger partial charge in [-0.25, -0.2) is 0 Å². The number of hydrogen-bond acceptors (Lipinski definition) is 5. The third kappa shape index (κ3) is 2.23. The minimum atomic E-state index is -0.502. The van der Waals surface area contributed by atoms with Gasteiger partial charge in [0.1, 0.15) is 22.5 Å². The maximum absolute atomic E-state index is 12.0. The Morgan fingerprint density at radius 1 is 1.10 bits per heavy atom. The van der Waals surface area contributed by atoms with E-state index < -0.39 is 4.92 Å². The minimum Gasteiger partial charge on any atom is -0.507 e. The maximum Gasteiger partial charge on any atom is 0.269 e. The van der Waals surface area contributed by atoms with Crippen LogP contribution in [0.5, 0.6) is 5.75 Å². The molecular formula is C15H9NO5. The SMILES string of the molecule is O=c1cc(-c2ccc([N+](=O)[O-])cc2)oc2cccc(O)c12. The third-order valence-corrected chi connectivity index (χ3v) is 3.10. The van der Waals surface area contributed by atoms with Crippen LogP contribution in [0.3, 0.4) is 0 Å². The average Bonchev–Trinajstić information content (AvgIpc) is 2.47. The summed E-state index contributed by atoms with van der Waals surface area (Å²) in [6.45, 7) is 0. The lowest BCUT2D eigenvalue weighted by molar-refractivity contribution is -0.384. The summed E-state index contributed by atoms with van der Waals surface area (Å²) >= 11 is 0. The van der Waals surface area contributed by atoms with E-state index in [1.54, 1.807) is 12.1 Å². The summed E-state index contributed by atoms with van der Waals surface area (Å²) in [6, 6.07) is 11.5. The zero-order valence-corrected chi connectivity index (χ0v) is 10.6. The van der Waals surface area contributed by atoms with Gasteiger partial charge in [0.25, 0.3) is 5.69 Å². The van der Waals surface area contributed by atoms with Gasteiger partial charge < -0.3 is 9.52 Å². The predicted molar refractivity (Wildman–Crippen MR) is 76.2 cm³/mol. The standard InChI is InChI=1S/C15H9NO5/c17-11-2-1-3-13-15(11)12(18)8-14(21-13)9-4-6-10(7-5-9)16(19)20/h1-8,17H. The molecule has 1 heterocycles. The van der Waals surface area contributed by atoms with E-state index >= 15 is 0 Å². The highest BCUT2D eigenvalue weighted by Crippen LogP contribution is 2.27. The number of nitro groups is 1. The number of phenols is 1. The highest BCUT2D eigenvalue weighted by atomic mass is 16.6. The Labute approximate surface area is 118 Å². The monoisotopic (exact) mass is 283 g/mol. The van der Waals surface area contributed by atoms with E-state index in [4.69, 9.17) is 4.42 Å². The molecule has 0 saturated carbocycles. The smallest absolute Gasteiger partial charge is 0.269 e. The molecule has 0 bridgehead atoms. The summed E-state index contributed by atoms with van der Waals surface area (Å²) in [5.74, 6) is 0.143. The topological polar surface area (TPSA) is 93.6 Å². The van der Waals surface area contributed by atoms with Crippen LogP contribution in [-0.4, -0.2) is 10.0 Å². The molecule has 0 spiro atoms. The summed E-state index contributed by atoms with van der Waals surface area (Å²) in [5.41, 5.74) is 0.390. The fraction of sp³-hybridized carbons (Fsp3) is 0. The van der Waals surface area contributed by atoms with Crippen molar-refractivity contribution in [2.24, 2.45) is 0 Å². The Morgan fingerprint density at radius 3 is 2.48 bits per heavy atom. The first-order valence-electron chi connectivity index (χ1n) is 6.07. The van der Waals surface area contributed by atoms with Gasteiger partial charge in [-0.2, -0.15) is 0 Å². The average molecular weight is 283 g/mol. The second-order valence-electron chi connectivity index (χ2n) is 4.43. The highest BCUT2D eigenvalue weighted by molar-refractivity contribution is 5.84. The van der Waals surface area contributed by atoms with Gasteiger partial charge in [0.05, 0.1) is 4.92 Å². The van der Waals surface area contributed by atoms with E-state index in [9.17, 15) is 20.0 Å². The van der Waals surface area contributed by atoms with Gasteiger partial charge in [0.15, 0.2) is 5.43 Å². The van der Waals surface area contributed by atoms with Crippen molar-refractivity contribution < 1.29 is 14.4 Å². The zero-order chi connectivity index (χ0) is 15.0. The van der Waals surface area contributed by atoms with E-state index in [0.717, 1.165) is 0 Å². The number of fused-ring (bicyclic) bond motifs is 1. The Balaban J connectivity index is 2.17. The van der Waals surface area contributed by atoms with Crippen molar-refractivity contribution in [2.75, 3.05) is 0 Å². The Morgan fingerprint density at radius 2 is 1.81 bits per heavy atom. The van der Waals surface area contributed by atoms with Crippen molar-refractivity contribution in [3.8, 4) is 17.1 Å². The van der Waals surface area contributed by atoms with Crippen LogP contribution >= 0.6 is 0 Å². The van der Waals surface area contributed by atoms with Crippen LogP contribution < -0.4 is 5.43 Å². The Bertz CT molecular complexity index is 896. The van der Waals surface area contributed by atoms with Crippen LogP contribution in [0.4, 0.5) is 5.69 Å². The molecule has 6 heteroatoms. The highest BCUT2D eigenvalue weighted by Gasteiger charge is 2.11. The lowest BCUT2D eigenvalue weighted by Crippen LogP contribution is -2.00. The molecule has 104 valence electrons. The number of rotatable bonds is 2. The predicted octanol–water partition coefficient (Wildman–Crippen LogP) is 3.07. The van der Waals surface area contributed by atoms with Crippen molar-refractivity contribution in [2.45, 2.75) is 0 Å². The molecular weight excluding hydrogens is 274 g/mol. The first-order valence-corrected chi connectivity index (χ1v) is 6.07. The molecule has 0 aliphatic rings. The van der Waals surface area contributed by atoms with E-state index in [1.165, 1.54) is 36.4 Å². The second kappa shape index (κ2) is 4.75. The Hall–Kier alpha value is -3.15. The number of nitro benzene ring substituents is 1. The molecule has 3 aromatic rings.